The summed E-state index contributed by atoms with van der Waals surface area (Å²) in [7, 11) is 1.62. The summed E-state index contributed by atoms with van der Waals surface area (Å²) in [6.07, 6.45) is 0.273. The molecule has 3 aromatic rings. The van der Waals surface area contributed by atoms with Gasteiger partial charge in [-0.2, -0.15) is 0 Å². The van der Waals surface area contributed by atoms with Crippen molar-refractivity contribution in [3.8, 4) is 5.75 Å². The second-order valence-corrected chi connectivity index (χ2v) is 7.70. The summed E-state index contributed by atoms with van der Waals surface area (Å²) in [4.78, 5) is 17.7. The number of hydrogen-bond acceptors (Lipinski definition) is 3. The van der Waals surface area contributed by atoms with Gasteiger partial charge in [0.15, 0.2) is 0 Å². The average molecular weight is 380 g/mol. The van der Waals surface area contributed by atoms with Gasteiger partial charge in [0, 0.05) is 11.6 Å². The Morgan fingerprint density at radius 3 is 2.43 bits per heavy atom. The fourth-order valence-electron chi connectivity index (χ4n) is 3.60. The maximum absolute atomic E-state index is 12.9. The molecule has 1 amide bonds. The molecule has 28 heavy (non-hydrogen) atoms. The molecular weight excluding hydrogens is 350 g/mol. The second-order valence-electron chi connectivity index (χ2n) is 7.70. The molecule has 5 nitrogen and oxygen atoms in total. The molecule has 0 saturated carbocycles. The normalized spacial score (nSPS) is 12.5. The predicted molar refractivity (Wildman–Crippen MR) is 113 cm³/mol. The maximum Gasteiger partial charge on any atom is 0.225 e. The van der Waals surface area contributed by atoms with Gasteiger partial charge in [0.1, 0.15) is 11.6 Å². The van der Waals surface area contributed by atoms with E-state index in [4.69, 9.17) is 9.72 Å². The number of hydrogen-bond donors (Lipinski definition) is 1. The van der Waals surface area contributed by atoms with E-state index in [1.807, 2.05) is 42.5 Å². The van der Waals surface area contributed by atoms with E-state index >= 15 is 0 Å². The first kappa shape index (κ1) is 19.9. The molecule has 1 heterocycles. The molecule has 0 saturated heterocycles. The van der Waals surface area contributed by atoms with Crippen LogP contribution in [0.2, 0.25) is 0 Å². The first-order valence-corrected chi connectivity index (χ1v) is 9.80. The molecule has 1 atom stereocenters. The average Bonchev–Trinajstić information content (AvgIpc) is 3.05. The van der Waals surface area contributed by atoms with Gasteiger partial charge in [0.25, 0.3) is 0 Å². The fraction of sp³-hybridized carbons (Fsp3) is 0.391. The highest BCUT2D eigenvalue weighted by Gasteiger charge is 2.26. The third kappa shape index (κ3) is 4.03. The van der Waals surface area contributed by atoms with E-state index in [1.54, 1.807) is 7.11 Å². The van der Waals surface area contributed by atoms with E-state index in [0.29, 0.717) is 0 Å². The van der Waals surface area contributed by atoms with Crippen molar-refractivity contribution in [1.82, 2.24) is 14.9 Å². The summed E-state index contributed by atoms with van der Waals surface area (Å²) in [6.45, 7) is 8.51. The molecule has 1 aromatic heterocycles. The molecule has 0 aliphatic rings. The predicted octanol–water partition coefficient (Wildman–Crippen LogP) is 4.68. The Morgan fingerprint density at radius 1 is 1.07 bits per heavy atom. The molecule has 0 aliphatic carbocycles. The number of amides is 1. The lowest BCUT2D eigenvalue weighted by Gasteiger charge is -2.25. The number of nitrogens with one attached hydrogen (secondary N) is 1. The third-order valence-electron chi connectivity index (χ3n) is 4.94. The Hall–Kier alpha value is -2.82. The van der Waals surface area contributed by atoms with E-state index in [9.17, 15) is 4.79 Å². The highest BCUT2D eigenvalue weighted by molar-refractivity contribution is 5.80. The van der Waals surface area contributed by atoms with Crippen LogP contribution in [0.15, 0.2) is 48.5 Å². The number of ether oxygens (including phenoxy) is 1. The van der Waals surface area contributed by atoms with Crippen molar-refractivity contribution < 1.29 is 9.53 Å². The molecule has 0 spiro atoms. The number of para-hydroxylation sites is 3. The van der Waals surface area contributed by atoms with Crippen molar-refractivity contribution in [1.29, 1.82) is 0 Å². The van der Waals surface area contributed by atoms with Gasteiger partial charge >= 0.3 is 0 Å². The van der Waals surface area contributed by atoms with Crippen molar-refractivity contribution in [2.75, 3.05) is 7.11 Å². The van der Waals surface area contributed by atoms with E-state index < -0.39 is 0 Å². The van der Waals surface area contributed by atoms with Crippen LogP contribution in [0.25, 0.3) is 11.0 Å². The number of carbonyl (C=O) groups excluding carboxylic acids is 1. The van der Waals surface area contributed by atoms with E-state index in [1.165, 1.54) is 0 Å². The van der Waals surface area contributed by atoms with Crippen LogP contribution in [0.3, 0.4) is 0 Å². The standard InChI is InChI=1S/C23H29N3O2/c1-15(2)22(25-21(27)14-17-10-6-9-13-20(17)28-5)23-24-18-11-7-8-12-19(18)26(23)16(3)4/h6-13,15-16,22H,14H2,1-5H3,(H,25,27)/t22-/m0/s1. The Bertz CT molecular complexity index is 959. The highest BCUT2D eigenvalue weighted by atomic mass is 16.5. The van der Waals surface area contributed by atoms with Crippen LogP contribution < -0.4 is 10.1 Å². The molecule has 5 heteroatoms. The number of carbonyl (C=O) groups is 1. The van der Waals surface area contributed by atoms with Gasteiger partial charge < -0.3 is 14.6 Å². The van der Waals surface area contributed by atoms with Gasteiger partial charge in [-0.3, -0.25) is 4.79 Å². The van der Waals surface area contributed by atoms with Crippen molar-refractivity contribution in [3.05, 3.63) is 59.9 Å². The second kappa shape index (κ2) is 8.46. The van der Waals surface area contributed by atoms with E-state index in [2.05, 4.69) is 43.6 Å². The van der Waals surface area contributed by atoms with Crippen LogP contribution in [-0.2, 0) is 11.2 Å². The van der Waals surface area contributed by atoms with Crippen molar-refractivity contribution in [2.45, 2.75) is 46.2 Å². The Kier molecular flexibility index (Phi) is 6.02. The van der Waals surface area contributed by atoms with Crippen LogP contribution in [0.5, 0.6) is 5.75 Å². The van der Waals surface area contributed by atoms with Crippen LogP contribution in [0, 0.1) is 5.92 Å². The quantitative estimate of drug-likeness (QED) is 0.648. The molecule has 3 rings (SSSR count). The SMILES string of the molecule is COc1ccccc1CC(=O)N[C@H](c1nc2ccccc2n1C(C)C)C(C)C. The van der Waals surface area contributed by atoms with E-state index in [0.717, 1.165) is 28.2 Å². The minimum atomic E-state index is -0.169. The summed E-state index contributed by atoms with van der Waals surface area (Å²) in [5.74, 6) is 1.80. The topological polar surface area (TPSA) is 56.1 Å². The van der Waals surface area contributed by atoms with Gasteiger partial charge in [0.2, 0.25) is 5.91 Å². The summed E-state index contributed by atoms with van der Waals surface area (Å²) in [5.41, 5.74) is 2.93. The molecular formula is C23H29N3O2. The minimum absolute atomic E-state index is 0.0365. The molecule has 0 bridgehead atoms. The number of fused-ring (bicyclic) bond motifs is 1. The molecule has 0 aliphatic heterocycles. The lowest BCUT2D eigenvalue weighted by atomic mass is 10.0. The van der Waals surface area contributed by atoms with Crippen LogP contribution in [-0.4, -0.2) is 22.6 Å². The number of aromatic nitrogens is 2. The monoisotopic (exact) mass is 379 g/mol. The number of nitrogens with zero attached hydrogens (tertiary/aromatic N) is 2. The van der Waals surface area contributed by atoms with Crippen molar-refractivity contribution in [2.24, 2.45) is 5.92 Å². The fourth-order valence-corrected chi connectivity index (χ4v) is 3.60. The van der Waals surface area contributed by atoms with Crippen LogP contribution in [0.4, 0.5) is 0 Å². The molecule has 0 fully saturated rings. The zero-order valence-corrected chi connectivity index (χ0v) is 17.3. The smallest absolute Gasteiger partial charge is 0.225 e. The summed E-state index contributed by atoms with van der Waals surface area (Å²) < 4.78 is 7.60. The van der Waals surface area contributed by atoms with Crippen molar-refractivity contribution in [3.63, 3.8) is 0 Å². The van der Waals surface area contributed by atoms with Crippen LogP contribution >= 0.6 is 0 Å². The lowest BCUT2D eigenvalue weighted by molar-refractivity contribution is -0.121. The third-order valence-corrected chi connectivity index (χ3v) is 4.94. The lowest BCUT2D eigenvalue weighted by Crippen LogP contribution is -2.35. The Morgan fingerprint density at radius 2 is 1.75 bits per heavy atom. The largest absolute Gasteiger partial charge is 0.496 e. The summed E-state index contributed by atoms with van der Waals surface area (Å²) >= 11 is 0. The minimum Gasteiger partial charge on any atom is -0.496 e. The maximum atomic E-state index is 12.9. The number of imidazole rings is 1. The molecule has 0 unspecified atom stereocenters. The van der Waals surface area contributed by atoms with Gasteiger partial charge in [-0.05, 0) is 38.0 Å². The molecule has 148 valence electrons. The number of methoxy groups -OCH3 is 1. The zero-order valence-electron chi connectivity index (χ0n) is 17.3. The van der Waals surface area contributed by atoms with Gasteiger partial charge in [-0.1, -0.05) is 44.2 Å². The zero-order chi connectivity index (χ0) is 20.3. The highest BCUT2D eigenvalue weighted by Crippen LogP contribution is 2.29. The molecule has 0 radical (unpaired) electrons. The van der Waals surface area contributed by atoms with Gasteiger partial charge in [-0.15, -0.1) is 0 Å². The van der Waals surface area contributed by atoms with Crippen molar-refractivity contribution >= 4 is 16.9 Å². The number of rotatable bonds is 7. The summed E-state index contributed by atoms with van der Waals surface area (Å²) in [6, 6.07) is 15.8. The van der Waals surface area contributed by atoms with Gasteiger partial charge in [0.05, 0.1) is 30.6 Å². The summed E-state index contributed by atoms with van der Waals surface area (Å²) in [5, 5.41) is 3.21. The van der Waals surface area contributed by atoms with E-state index in [-0.39, 0.29) is 30.3 Å². The first-order valence-electron chi connectivity index (χ1n) is 9.80. The van der Waals surface area contributed by atoms with Gasteiger partial charge in [-0.25, -0.2) is 4.98 Å². The van der Waals surface area contributed by atoms with Crippen LogP contribution in [0.1, 0.15) is 51.2 Å². The number of benzene rings is 2. The molecule has 1 N–H and O–H groups in total. The Labute approximate surface area is 166 Å². The Balaban J connectivity index is 1.91. The first-order chi connectivity index (χ1) is 13.4. The molecule has 2 aromatic carbocycles.